The molecule has 1 heterocycles. The maximum atomic E-state index is 12.2. The molecule has 0 aliphatic heterocycles. The molecule has 0 saturated carbocycles. The lowest BCUT2D eigenvalue weighted by molar-refractivity contribution is 0.141. The Morgan fingerprint density at radius 3 is 2.69 bits per heavy atom. The van der Waals surface area contributed by atoms with Crippen LogP contribution in [0.4, 0.5) is 8.78 Å². The summed E-state index contributed by atoms with van der Waals surface area (Å²) in [5.74, 6) is -0.364. The fourth-order valence-electron chi connectivity index (χ4n) is 0.780. The van der Waals surface area contributed by atoms with Crippen LogP contribution in [0.2, 0.25) is 0 Å². The molecule has 1 aromatic rings. The topological polar surface area (TPSA) is 42.4 Å². The van der Waals surface area contributed by atoms with E-state index in [0.29, 0.717) is 0 Å². The molecule has 0 bridgehead atoms. The van der Waals surface area contributed by atoms with Crippen molar-refractivity contribution in [3.63, 3.8) is 0 Å². The Morgan fingerprint density at radius 2 is 2.23 bits per heavy atom. The van der Waals surface area contributed by atoms with Crippen molar-refractivity contribution in [2.75, 3.05) is 7.11 Å². The van der Waals surface area contributed by atoms with E-state index >= 15 is 0 Å². The minimum atomic E-state index is -2.80. The summed E-state index contributed by atoms with van der Waals surface area (Å²) in [6.07, 6.45) is -2.80. The van der Waals surface area contributed by atoms with Crippen molar-refractivity contribution in [3.8, 4) is 11.5 Å². The Morgan fingerprint density at radius 1 is 1.62 bits per heavy atom. The molecule has 0 unspecified atom stereocenters. The van der Waals surface area contributed by atoms with E-state index in [9.17, 15) is 8.78 Å². The largest absolute Gasteiger partial charge is 0.506 e. The van der Waals surface area contributed by atoms with Gasteiger partial charge in [-0.3, -0.25) is 0 Å². The molecule has 1 aromatic heterocycles. The Bertz CT molecular complexity index is 320. The molecule has 0 radical (unpaired) electrons. The van der Waals surface area contributed by atoms with Gasteiger partial charge in [0.1, 0.15) is 16.0 Å². The highest BCUT2D eigenvalue weighted by molar-refractivity contribution is 9.10. The second-order valence-electron chi connectivity index (χ2n) is 2.19. The average Bonchev–Trinajstić information content (AvgIpc) is 2.07. The van der Waals surface area contributed by atoms with Crippen molar-refractivity contribution in [2.45, 2.75) is 6.43 Å². The lowest BCUT2D eigenvalue weighted by Crippen LogP contribution is -1.94. The van der Waals surface area contributed by atoms with E-state index in [0.717, 1.165) is 6.07 Å². The lowest BCUT2D eigenvalue weighted by Gasteiger charge is -2.06. The Balaban J connectivity index is 3.20. The molecule has 0 saturated heterocycles. The number of hydrogen-bond donors (Lipinski definition) is 1. The van der Waals surface area contributed by atoms with Crippen molar-refractivity contribution in [1.82, 2.24) is 4.98 Å². The van der Waals surface area contributed by atoms with E-state index in [1.54, 1.807) is 0 Å². The third-order valence-corrected chi connectivity index (χ3v) is 1.95. The van der Waals surface area contributed by atoms with E-state index < -0.39 is 17.9 Å². The zero-order valence-electron chi connectivity index (χ0n) is 6.59. The quantitative estimate of drug-likeness (QED) is 0.824. The number of halogens is 3. The number of hydrogen-bond acceptors (Lipinski definition) is 3. The summed E-state index contributed by atoms with van der Waals surface area (Å²) < 4.78 is 29.2. The van der Waals surface area contributed by atoms with Gasteiger partial charge in [-0.15, -0.1) is 0 Å². The van der Waals surface area contributed by atoms with Gasteiger partial charge >= 0.3 is 0 Å². The normalized spacial score (nSPS) is 10.5. The highest BCUT2D eigenvalue weighted by Crippen LogP contribution is 2.33. The van der Waals surface area contributed by atoms with Gasteiger partial charge in [0.2, 0.25) is 0 Å². The van der Waals surface area contributed by atoms with Gasteiger partial charge in [-0.25, -0.2) is 13.8 Å². The van der Waals surface area contributed by atoms with Crippen LogP contribution >= 0.6 is 15.9 Å². The van der Waals surface area contributed by atoms with Crippen LogP contribution in [0.5, 0.6) is 11.5 Å². The number of aromatic nitrogens is 1. The van der Waals surface area contributed by atoms with Gasteiger partial charge in [0.05, 0.1) is 7.11 Å². The van der Waals surface area contributed by atoms with Crippen molar-refractivity contribution in [3.05, 3.63) is 16.4 Å². The average molecular weight is 254 g/mol. The molecule has 0 aromatic carbocycles. The summed E-state index contributed by atoms with van der Waals surface area (Å²) >= 11 is 2.93. The summed E-state index contributed by atoms with van der Waals surface area (Å²) in [7, 11) is 1.35. The molecule has 0 amide bonds. The second-order valence-corrected chi connectivity index (χ2v) is 2.94. The predicted molar refractivity (Wildman–Crippen MR) is 45.1 cm³/mol. The molecule has 1 N–H and O–H groups in total. The highest BCUT2D eigenvalue weighted by atomic mass is 79.9. The van der Waals surface area contributed by atoms with Crippen LogP contribution in [0.3, 0.4) is 0 Å². The van der Waals surface area contributed by atoms with Gasteiger partial charge in [0.25, 0.3) is 6.43 Å². The van der Waals surface area contributed by atoms with Crippen LogP contribution < -0.4 is 4.74 Å². The van der Waals surface area contributed by atoms with Gasteiger partial charge in [0.15, 0.2) is 5.75 Å². The van der Waals surface area contributed by atoms with Crippen LogP contribution in [-0.4, -0.2) is 17.2 Å². The van der Waals surface area contributed by atoms with Crippen molar-refractivity contribution < 1.29 is 18.6 Å². The fourth-order valence-corrected chi connectivity index (χ4v) is 1.25. The first-order valence-electron chi connectivity index (χ1n) is 3.27. The monoisotopic (exact) mass is 253 g/mol. The third-order valence-electron chi connectivity index (χ3n) is 1.38. The van der Waals surface area contributed by atoms with Crippen molar-refractivity contribution >= 4 is 15.9 Å². The molecule has 3 nitrogen and oxygen atoms in total. The van der Waals surface area contributed by atoms with Gasteiger partial charge in [-0.05, 0) is 15.9 Å². The van der Waals surface area contributed by atoms with Crippen LogP contribution in [0.1, 0.15) is 12.1 Å². The minimum absolute atomic E-state index is 0.142. The van der Waals surface area contributed by atoms with E-state index in [-0.39, 0.29) is 10.4 Å². The van der Waals surface area contributed by atoms with Crippen LogP contribution in [0, 0.1) is 0 Å². The van der Waals surface area contributed by atoms with Crippen molar-refractivity contribution in [1.29, 1.82) is 0 Å². The zero-order chi connectivity index (χ0) is 10.0. The number of alkyl halides is 2. The molecule has 13 heavy (non-hydrogen) atoms. The number of rotatable bonds is 2. The first-order chi connectivity index (χ1) is 6.06. The molecule has 6 heteroatoms. The van der Waals surface area contributed by atoms with Gasteiger partial charge in [0, 0.05) is 6.07 Å². The molecule has 0 aliphatic rings. The summed E-state index contributed by atoms with van der Waals surface area (Å²) in [6.45, 7) is 0. The molecular formula is C7H6BrF2NO2. The fraction of sp³-hybridized carbons (Fsp3) is 0.286. The summed E-state index contributed by atoms with van der Waals surface area (Å²) in [5.41, 5.74) is -0.660. The van der Waals surface area contributed by atoms with Crippen LogP contribution in [0.25, 0.3) is 0 Å². The zero-order valence-corrected chi connectivity index (χ0v) is 8.18. The predicted octanol–water partition coefficient (Wildman–Crippen LogP) is 2.50. The first-order valence-corrected chi connectivity index (χ1v) is 4.07. The molecule has 0 atom stereocenters. The van der Waals surface area contributed by atoms with Crippen molar-refractivity contribution in [2.24, 2.45) is 0 Å². The Labute approximate surface area is 81.5 Å². The van der Waals surface area contributed by atoms with Gasteiger partial charge < -0.3 is 9.84 Å². The Hall–Kier alpha value is -0.910. The van der Waals surface area contributed by atoms with E-state index in [1.165, 1.54) is 7.11 Å². The molecule has 72 valence electrons. The maximum Gasteiger partial charge on any atom is 0.284 e. The SMILES string of the molecule is COc1cc(O)c(C(F)F)nc1Br. The standard InChI is InChI=1S/C7H6BrF2NO2/c1-13-4-2-3(12)5(7(9)10)11-6(4)8/h2,7,12H,1H3. The molecule has 0 fully saturated rings. The number of nitrogens with zero attached hydrogens (tertiary/aromatic N) is 1. The molecule has 0 aliphatic carbocycles. The van der Waals surface area contributed by atoms with Gasteiger partial charge in [-0.2, -0.15) is 0 Å². The summed E-state index contributed by atoms with van der Waals surface area (Å²) in [6, 6.07) is 1.08. The highest BCUT2D eigenvalue weighted by Gasteiger charge is 2.17. The number of ether oxygens (including phenoxy) is 1. The van der Waals surface area contributed by atoms with E-state index in [1.807, 2.05) is 0 Å². The summed E-state index contributed by atoms with van der Waals surface area (Å²) in [4.78, 5) is 3.43. The minimum Gasteiger partial charge on any atom is -0.506 e. The summed E-state index contributed by atoms with van der Waals surface area (Å²) in [5, 5.41) is 9.07. The maximum absolute atomic E-state index is 12.2. The number of aromatic hydroxyl groups is 1. The van der Waals surface area contributed by atoms with E-state index in [4.69, 9.17) is 9.84 Å². The number of pyridine rings is 1. The van der Waals surface area contributed by atoms with Crippen LogP contribution in [-0.2, 0) is 0 Å². The Kier molecular flexibility index (Phi) is 3.02. The molecule has 0 spiro atoms. The molecule has 1 rings (SSSR count). The third kappa shape index (κ3) is 2.06. The lowest BCUT2D eigenvalue weighted by atomic mass is 10.3. The smallest absolute Gasteiger partial charge is 0.284 e. The van der Waals surface area contributed by atoms with Gasteiger partial charge in [-0.1, -0.05) is 0 Å². The number of methoxy groups -OCH3 is 1. The molecular weight excluding hydrogens is 248 g/mol. The van der Waals surface area contributed by atoms with Crippen LogP contribution in [0.15, 0.2) is 10.7 Å². The first kappa shape index (κ1) is 10.2. The second kappa shape index (κ2) is 3.87. The van der Waals surface area contributed by atoms with E-state index in [2.05, 4.69) is 20.9 Å².